The molecular formula is C13H20O3. The highest BCUT2D eigenvalue weighted by Gasteiger charge is 2.07. The minimum Gasteiger partial charge on any atom is -0.388 e. The van der Waals surface area contributed by atoms with E-state index < -0.39 is 6.10 Å². The molecule has 1 atom stereocenters. The molecule has 90 valence electrons. The van der Waals surface area contributed by atoms with Gasteiger partial charge in [-0.05, 0) is 24.0 Å². The van der Waals surface area contributed by atoms with Gasteiger partial charge in [-0.3, -0.25) is 0 Å². The van der Waals surface area contributed by atoms with Crippen LogP contribution in [0.3, 0.4) is 0 Å². The van der Waals surface area contributed by atoms with Crippen LogP contribution in [0.15, 0.2) is 24.3 Å². The summed E-state index contributed by atoms with van der Waals surface area (Å²) in [6.45, 7) is 1.27. The van der Waals surface area contributed by atoms with Gasteiger partial charge in [0.2, 0.25) is 0 Å². The molecule has 0 aromatic heterocycles. The Hall–Kier alpha value is -0.900. The highest BCUT2D eigenvalue weighted by Crippen LogP contribution is 2.19. The summed E-state index contributed by atoms with van der Waals surface area (Å²) in [6, 6.07) is 7.87. The van der Waals surface area contributed by atoms with Crippen LogP contribution in [0.4, 0.5) is 0 Å². The van der Waals surface area contributed by atoms with Crippen molar-refractivity contribution in [2.24, 2.45) is 0 Å². The van der Waals surface area contributed by atoms with Crippen LogP contribution in [0.2, 0.25) is 0 Å². The molecule has 3 heteroatoms. The Balaban J connectivity index is 2.53. The van der Waals surface area contributed by atoms with E-state index in [-0.39, 0.29) is 0 Å². The normalized spacial score (nSPS) is 12.7. The fourth-order valence-corrected chi connectivity index (χ4v) is 1.64. The van der Waals surface area contributed by atoms with E-state index in [1.165, 1.54) is 0 Å². The molecule has 3 nitrogen and oxygen atoms in total. The second-order valence-electron chi connectivity index (χ2n) is 3.83. The summed E-state index contributed by atoms with van der Waals surface area (Å²) in [4.78, 5) is 0. The van der Waals surface area contributed by atoms with Gasteiger partial charge < -0.3 is 14.6 Å². The number of rotatable bonds is 7. The van der Waals surface area contributed by atoms with Gasteiger partial charge in [-0.2, -0.15) is 0 Å². The average Bonchev–Trinajstić information content (AvgIpc) is 2.30. The summed E-state index contributed by atoms with van der Waals surface area (Å²) in [5.41, 5.74) is 2.04. The number of aliphatic hydroxyl groups excluding tert-OH is 1. The SMILES string of the molecule is COCCCC(O)c1cccc(COC)c1. The second-order valence-corrected chi connectivity index (χ2v) is 3.83. The lowest BCUT2D eigenvalue weighted by atomic mass is 10.0. The first kappa shape index (κ1) is 13.2. The Morgan fingerprint density at radius 2 is 2.06 bits per heavy atom. The lowest BCUT2D eigenvalue weighted by molar-refractivity contribution is 0.136. The predicted molar refractivity (Wildman–Crippen MR) is 63.2 cm³/mol. The molecule has 1 aromatic rings. The van der Waals surface area contributed by atoms with Crippen molar-refractivity contribution < 1.29 is 14.6 Å². The molecular weight excluding hydrogens is 204 g/mol. The molecule has 0 bridgehead atoms. The van der Waals surface area contributed by atoms with Crippen LogP contribution in [-0.4, -0.2) is 25.9 Å². The van der Waals surface area contributed by atoms with Crippen molar-refractivity contribution in [2.75, 3.05) is 20.8 Å². The summed E-state index contributed by atoms with van der Waals surface area (Å²) in [6.07, 6.45) is 1.18. The van der Waals surface area contributed by atoms with E-state index in [2.05, 4.69) is 0 Å². The Morgan fingerprint density at radius 1 is 1.25 bits per heavy atom. The smallest absolute Gasteiger partial charge is 0.0791 e. The van der Waals surface area contributed by atoms with Crippen molar-refractivity contribution in [3.8, 4) is 0 Å². The van der Waals surface area contributed by atoms with Gasteiger partial charge in [-0.15, -0.1) is 0 Å². The van der Waals surface area contributed by atoms with Gasteiger partial charge in [0, 0.05) is 20.8 Å². The third-order valence-electron chi connectivity index (χ3n) is 2.47. The van der Waals surface area contributed by atoms with Crippen molar-refractivity contribution in [3.63, 3.8) is 0 Å². The average molecular weight is 224 g/mol. The molecule has 0 radical (unpaired) electrons. The van der Waals surface area contributed by atoms with Gasteiger partial charge in [0.25, 0.3) is 0 Å². The second kappa shape index (κ2) is 7.39. The molecule has 0 heterocycles. The van der Waals surface area contributed by atoms with E-state index in [0.29, 0.717) is 13.2 Å². The van der Waals surface area contributed by atoms with Gasteiger partial charge >= 0.3 is 0 Å². The molecule has 0 aliphatic rings. The van der Waals surface area contributed by atoms with E-state index in [9.17, 15) is 5.11 Å². The molecule has 0 aliphatic carbocycles. The van der Waals surface area contributed by atoms with Crippen molar-refractivity contribution in [1.82, 2.24) is 0 Å². The van der Waals surface area contributed by atoms with Crippen molar-refractivity contribution in [3.05, 3.63) is 35.4 Å². The Kier molecular flexibility index (Phi) is 6.08. The van der Waals surface area contributed by atoms with Crippen LogP contribution in [0.1, 0.15) is 30.1 Å². The number of aliphatic hydroxyl groups is 1. The zero-order chi connectivity index (χ0) is 11.8. The highest BCUT2D eigenvalue weighted by atomic mass is 16.5. The van der Waals surface area contributed by atoms with Crippen molar-refractivity contribution >= 4 is 0 Å². The van der Waals surface area contributed by atoms with Crippen LogP contribution < -0.4 is 0 Å². The quantitative estimate of drug-likeness (QED) is 0.722. The maximum atomic E-state index is 9.94. The molecule has 0 saturated heterocycles. The molecule has 1 aromatic carbocycles. The minimum atomic E-state index is -0.410. The maximum Gasteiger partial charge on any atom is 0.0791 e. The van der Waals surface area contributed by atoms with Crippen LogP contribution in [0, 0.1) is 0 Å². The molecule has 0 aliphatic heterocycles. The summed E-state index contributed by atoms with van der Waals surface area (Å²) in [5, 5.41) is 9.94. The van der Waals surface area contributed by atoms with E-state index in [1.54, 1.807) is 14.2 Å². The molecule has 0 amide bonds. The van der Waals surface area contributed by atoms with Crippen LogP contribution >= 0.6 is 0 Å². The minimum absolute atomic E-state index is 0.410. The molecule has 0 spiro atoms. The van der Waals surface area contributed by atoms with Crippen molar-refractivity contribution in [2.45, 2.75) is 25.6 Å². The number of benzene rings is 1. The van der Waals surface area contributed by atoms with Gasteiger partial charge in [-0.25, -0.2) is 0 Å². The van der Waals surface area contributed by atoms with E-state index in [0.717, 1.165) is 24.0 Å². The van der Waals surface area contributed by atoms with Gasteiger partial charge in [-0.1, -0.05) is 24.3 Å². The third kappa shape index (κ3) is 4.31. The maximum absolute atomic E-state index is 9.94. The number of methoxy groups -OCH3 is 2. The van der Waals surface area contributed by atoms with E-state index >= 15 is 0 Å². The van der Waals surface area contributed by atoms with Crippen LogP contribution in [-0.2, 0) is 16.1 Å². The molecule has 1 rings (SSSR count). The molecule has 1 unspecified atom stereocenters. The molecule has 1 N–H and O–H groups in total. The van der Waals surface area contributed by atoms with E-state index in [1.807, 2.05) is 24.3 Å². The van der Waals surface area contributed by atoms with Gasteiger partial charge in [0.05, 0.1) is 12.7 Å². The molecule has 0 fully saturated rings. The number of ether oxygens (including phenoxy) is 2. The first-order chi connectivity index (χ1) is 7.77. The zero-order valence-corrected chi connectivity index (χ0v) is 9.98. The number of hydrogen-bond donors (Lipinski definition) is 1. The first-order valence-corrected chi connectivity index (χ1v) is 5.52. The van der Waals surface area contributed by atoms with Crippen LogP contribution in [0.25, 0.3) is 0 Å². The van der Waals surface area contributed by atoms with Crippen LogP contribution in [0.5, 0.6) is 0 Å². The summed E-state index contributed by atoms with van der Waals surface area (Å²) < 4.78 is 10.0. The summed E-state index contributed by atoms with van der Waals surface area (Å²) >= 11 is 0. The highest BCUT2D eigenvalue weighted by molar-refractivity contribution is 5.24. The van der Waals surface area contributed by atoms with Gasteiger partial charge in [0.1, 0.15) is 0 Å². The lowest BCUT2D eigenvalue weighted by Crippen LogP contribution is -2.01. The third-order valence-corrected chi connectivity index (χ3v) is 2.47. The topological polar surface area (TPSA) is 38.7 Å². The fraction of sp³-hybridized carbons (Fsp3) is 0.538. The molecule has 16 heavy (non-hydrogen) atoms. The fourth-order valence-electron chi connectivity index (χ4n) is 1.64. The van der Waals surface area contributed by atoms with E-state index in [4.69, 9.17) is 9.47 Å². The standard InChI is InChI=1S/C13H20O3/c1-15-8-4-7-13(14)12-6-3-5-11(9-12)10-16-2/h3,5-6,9,13-14H,4,7-8,10H2,1-2H3. The largest absolute Gasteiger partial charge is 0.388 e. The lowest BCUT2D eigenvalue weighted by Gasteiger charge is -2.11. The van der Waals surface area contributed by atoms with Gasteiger partial charge in [0.15, 0.2) is 0 Å². The summed E-state index contributed by atoms with van der Waals surface area (Å²) in [5.74, 6) is 0. The Morgan fingerprint density at radius 3 is 2.75 bits per heavy atom. The Bertz CT molecular complexity index is 299. The molecule has 0 saturated carbocycles. The predicted octanol–water partition coefficient (Wildman–Crippen LogP) is 2.29. The monoisotopic (exact) mass is 224 g/mol. The summed E-state index contributed by atoms with van der Waals surface area (Å²) in [7, 11) is 3.34. The van der Waals surface area contributed by atoms with Crippen molar-refractivity contribution in [1.29, 1.82) is 0 Å². The first-order valence-electron chi connectivity index (χ1n) is 5.52. The zero-order valence-electron chi connectivity index (χ0n) is 9.98. The number of hydrogen-bond acceptors (Lipinski definition) is 3. The Labute approximate surface area is 97.0 Å².